The number of Topliss-reactive ketones (excluding diaryl/α,β-unsaturated/α-hetero) is 1. The number of ether oxygens (including phenoxy) is 2. The van der Waals surface area contributed by atoms with E-state index in [1.165, 1.54) is 0 Å². The van der Waals surface area contributed by atoms with E-state index in [2.05, 4.69) is 8.92 Å². The molecule has 0 saturated heterocycles. The Labute approximate surface area is 183 Å². The molecule has 2 unspecified atom stereocenters. The predicted octanol–water partition coefficient (Wildman–Crippen LogP) is 3.20. The highest BCUT2D eigenvalue weighted by Crippen LogP contribution is 2.58. The summed E-state index contributed by atoms with van der Waals surface area (Å²) in [5, 5.41) is -5.10. The van der Waals surface area contributed by atoms with Gasteiger partial charge in [0.2, 0.25) is 0 Å². The summed E-state index contributed by atoms with van der Waals surface area (Å²) < 4.78 is 65.3. The number of benzene rings is 1. The normalized spacial score (nSPS) is 28.9. The smallest absolute Gasteiger partial charge is 0.460 e. The molecular weight excluding hydrogens is 450 g/mol. The number of carbonyl (C=O) groups excluding carboxylic acids is 3. The third kappa shape index (κ3) is 4.22. The van der Waals surface area contributed by atoms with Gasteiger partial charge in [0.05, 0.1) is 6.61 Å². The lowest BCUT2D eigenvalue weighted by molar-refractivity contribution is -0.173. The minimum Gasteiger partial charge on any atom is -0.460 e. The highest BCUT2D eigenvalue weighted by Gasteiger charge is 2.60. The van der Waals surface area contributed by atoms with E-state index in [4.69, 9.17) is 4.74 Å². The Bertz CT molecular complexity index is 1010. The third-order valence-corrected chi connectivity index (χ3v) is 7.71. The molecule has 4 aliphatic rings. The van der Waals surface area contributed by atoms with Crippen LogP contribution in [0.5, 0.6) is 0 Å². The first-order valence-electron chi connectivity index (χ1n) is 10.2. The van der Waals surface area contributed by atoms with E-state index in [0.717, 1.165) is 12.8 Å². The molecule has 32 heavy (non-hydrogen) atoms. The van der Waals surface area contributed by atoms with Gasteiger partial charge in [-0.25, -0.2) is 9.59 Å². The van der Waals surface area contributed by atoms with E-state index >= 15 is 0 Å². The molecule has 0 N–H and O–H groups in total. The highest BCUT2D eigenvalue weighted by molar-refractivity contribution is 7.89. The number of carbonyl (C=O) groups is 3. The maximum Gasteiger partial charge on any atom is 0.524 e. The lowest BCUT2D eigenvalue weighted by atomic mass is 9.49. The molecular formula is C21H22F2O8S. The second-order valence-corrected chi connectivity index (χ2v) is 10.5. The second-order valence-electron chi connectivity index (χ2n) is 8.90. The van der Waals surface area contributed by atoms with E-state index in [1.54, 1.807) is 30.3 Å². The van der Waals surface area contributed by atoms with Crippen LogP contribution in [0.4, 0.5) is 13.6 Å². The summed E-state index contributed by atoms with van der Waals surface area (Å²) in [5.41, 5.74) is -0.128. The first kappa shape index (κ1) is 22.6. The predicted molar refractivity (Wildman–Crippen MR) is 104 cm³/mol. The van der Waals surface area contributed by atoms with Crippen LogP contribution in [0.3, 0.4) is 0 Å². The van der Waals surface area contributed by atoms with Crippen molar-refractivity contribution in [2.75, 3.05) is 6.61 Å². The van der Waals surface area contributed by atoms with Crippen molar-refractivity contribution in [2.24, 2.45) is 23.2 Å². The molecule has 1 aromatic carbocycles. The average Bonchev–Trinajstić information content (AvgIpc) is 2.74. The molecule has 4 aliphatic carbocycles. The summed E-state index contributed by atoms with van der Waals surface area (Å²) in [6.45, 7) is -0.817. The fraction of sp³-hybridized carbons (Fsp3) is 0.571. The zero-order chi connectivity index (χ0) is 23.1. The Morgan fingerprint density at radius 2 is 1.66 bits per heavy atom. The lowest BCUT2D eigenvalue weighted by Crippen LogP contribution is -2.53. The largest absolute Gasteiger partial charge is 0.524 e. The minimum atomic E-state index is -5.99. The number of rotatable bonds is 7. The van der Waals surface area contributed by atoms with Crippen molar-refractivity contribution in [1.29, 1.82) is 0 Å². The Morgan fingerprint density at radius 1 is 1.03 bits per heavy atom. The van der Waals surface area contributed by atoms with Crippen LogP contribution in [0.2, 0.25) is 0 Å². The maximum atomic E-state index is 14.3. The van der Waals surface area contributed by atoms with E-state index in [9.17, 15) is 31.6 Å². The van der Waals surface area contributed by atoms with E-state index in [-0.39, 0.29) is 23.5 Å². The molecule has 11 heteroatoms. The number of hydrogen-bond donors (Lipinski definition) is 0. The number of halogens is 2. The van der Waals surface area contributed by atoms with Gasteiger partial charge in [-0.3, -0.25) is 4.79 Å². The second kappa shape index (κ2) is 8.09. The summed E-state index contributed by atoms with van der Waals surface area (Å²) in [4.78, 5) is 35.8. The quantitative estimate of drug-likeness (QED) is 0.439. The van der Waals surface area contributed by atoms with Gasteiger partial charge >= 0.3 is 27.5 Å². The van der Waals surface area contributed by atoms with Crippen LogP contribution in [-0.2, 0) is 40.0 Å². The van der Waals surface area contributed by atoms with E-state index in [1.807, 2.05) is 0 Å². The number of alkyl halides is 2. The van der Waals surface area contributed by atoms with Gasteiger partial charge in [-0.15, -0.1) is 0 Å². The molecule has 0 spiro atoms. The fourth-order valence-electron chi connectivity index (χ4n) is 5.37. The van der Waals surface area contributed by atoms with Crippen molar-refractivity contribution in [3.8, 4) is 0 Å². The first-order valence-corrected chi connectivity index (χ1v) is 11.7. The van der Waals surface area contributed by atoms with E-state index < -0.39 is 46.1 Å². The standard InChI is InChI=1S/C21H22F2O8S/c22-21(23,32(27,28)31-19(26)29-11-13-4-2-1-3-5-13)18(25)30-12-20-8-14-6-15(9-20)17(24)16(7-14)10-20/h1-5,14-16H,6-12H2. The Morgan fingerprint density at radius 3 is 2.28 bits per heavy atom. The Kier molecular flexibility index (Phi) is 5.72. The van der Waals surface area contributed by atoms with Gasteiger partial charge in [0.1, 0.15) is 12.4 Å². The SMILES string of the molecule is O=C(OCc1ccccc1)OS(=O)(=O)C(F)(F)C(=O)OCC12CC3CC(C1)C(=O)C(C3)C2. The number of esters is 1. The van der Waals surface area contributed by atoms with Crippen LogP contribution in [0.15, 0.2) is 30.3 Å². The molecule has 0 heterocycles. The van der Waals surface area contributed by atoms with Crippen LogP contribution in [0, 0.1) is 23.2 Å². The van der Waals surface area contributed by atoms with Gasteiger partial charge in [-0.05, 0) is 43.6 Å². The van der Waals surface area contributed by atoms with E-state index in [0.29, 0.717) is 24.8 Å². The van der Waals surface area contributed by atoms with Crippen LogP contribution < -0.4 is 0 Å². The Hall–Kier alpha value is -2.56. The summed E-state index contributed by atoms with van der Waals surface area (Å²) in [6, 6.07) is 8.08. The summed E-state index contributed by atoms with van der Waals surface area (Å²) >= 11 is 0. The van der Waals surface area contributed by atoms with Crippen molar-refractivity contribution in [3.05, 3.63) is 35.9 Å². The van der Waals surface area contributed by atoms with Crippen molar-refractivity contribution in [2.45, 2.75) is 44.0 Å². The number of hydrogen-bond acceptors (Lipinski definition) is 8. The summed E-state index contributed by atoms with van der Waals surface area (Å²) in [5.74, 6) is -2.19. The molecule has 4 bridgehead atoms. The van der Waals surface area contributed by atoms with Gasteiger partial charge in [0, 0.05) is 17.3 Å². The molecule has 1 aromatic rings. The van der Waals surface area contributed by atoms with Crippen molar-refractivity contribution in [1.82, 2.24) is 0 Å². The van der Waals surface area contributed by atoms with Gasteiger partial charge in [-0.1, -0.05) is 30.3 Å². The Balaban J connectivity index is 1.34. The topological polar surface area (TPSA) is 113 Å². The minimum absolute atomic E-state index is 0.160. The first-order chi connectivity index (χ1) is 15.0. The maximum absolute atomic E-state index is 14.3. The molecule has 174 valence electrons. The molecule has 0 radical (unpaired) electrons. The van der Waals surface area contributed by atoms with Crippen LogP contribution in [0.25, 0.3) is 0 Å². The van der Waals surface area contributed by atoms with Crippen LogP contribution in [-0.4, -0.2) is 38.2 Å². The molecule has 0 aliphatic heterocycles. The third-order valence-electron chi connectivity index (χ3n) is 6.56. The van der Waals surface area contributed by atoms with Crippen LogP contribution >= 0.6 is 0 Å². The van der Waals surface area contributed by atoms with Crippen molar-refractivity contribution in [3.63, 3.8) is 0 Å². The highest BCUT2D eigenvalue weighted by atomic mass is 32.2. The van der Waals surface area contributed by atoms with Gasteiger partial charge in [-0.2, -0.15) is 17.2 Å². The van der Waals surface area contributed by atoms with Crippen LogP contribution in [0.1, 0.15) is 37.7 Å². The molecule has 0 aromatic heterocycles. The lowest BCUT2D eigenvalue weighted by Gasteiger charge is -2.55. The molecule has 4 fully saturated rings. The average molecular weight is 472 g/mol. The molecule has 8 nitrogen and oxygen atoms in total. The van der Waals surface area contributed by atoms with Gasteiger partial charge < -0.3 is 13.7 Å². The zero-order valence-corrected chi connectivity index (χ0v) is 17.8. The molecule has 2 atom stereocenters. The summed E-state index contributed by atoms with van der Waals surface area (Å²) in [6.07, 6.45) is 1.14. The van der Waals surface area contributed by atoms with Crippen molar-refractivity contribution < 1.29 is 45.2 Å². The van der Waals surface area contributed by atoms with Gasteiger partial charge in [0.15, 0.2) is 0 Å². The molecule has 0 amide bonds. The number of ketones is 1. The van der Waals surface area contributed by atoms with Crippen molar-refractivity contribution >= 4 is 28.0 Å². The molecule has 4 saturated carbocycles. The monoisotopic (exact) mass is 472 g/mol. The zero-order valence-electron chi connectivity index (χ0n) is 17.0. The fourth-order valence-corrected chi connectivity index (χ4v) is 5.97. The molecule has 5 rings (SSSR count). The van der Waals surface area contributed by atoms with Gasteiger partial charge in [0.25, 0.3) is 0 Å². The summed E-state index contributed by atoms with van der Waals surface area (Å²) in [7, 11) is -5.99.